The lowest BCUT2D eigenvalue weighted by Crippen LogP contribution is -2.23. The molecule has 1 N–H and O–H groups in total. The van der Waals surface area contributed by atoms with Crippen LogP contribution in [0.4, 0.5) is 0 Å². The molecule has 74 valence electrons. The molecule has 0 heterocycles. The average molecular weight is 184 g/mol. The summed E-state index contributed by atoms with van der Waals surface area (Å²) in [6, 6.07) is 0. The van der Waals surface area contributed by atoms with Crippen LogP contribution in [0, 0.1) is 11.8 Å². The lowest BCUT2D eigenvalue weighted by Gasteiger charge is -2.13. The zero-order valence-corrected chi connectivity index (χ0v) is 8.12. The first-order valence-corrected chi connectivity index (χ1v) is 4.77. The zero-order valence-electron chi connectivity index (χ0n) is 8.12. The van der Waals surface area contributed by atoms with E-state index < -0.39 is 6.10 Å². The molecule has 0 radical (unpaired) electrons. The fourth-order valence-electron chi connectivity index (χ4n) is 2.08. The SMILES string of the molecule is CCC(=O)C1CC(O)CC1C(C)=O. The summed E-state index contributed by atoms with van der Waals surface area (Å²) in [6.45, 7) is 3.29. The molecule has 0 aromatic heterocycles. The number of rotatable bonds is 3. The predicted molar refractivity (Wildman–Crippen MR) is 48.2 cm³/mol. The largest absolute Gasteiger partial charge is 0.393 e. The van der Waals surface area contributed by atoms with Gasteiger partial charge in [0.25, 0.3) is 0 Å². The summed E-state index contributed by atoms with van der Waals surface area (Å²) >= 11 is 0. The summed E-state index contributed by atoms with van der Waals surface area (Å²) in [4.78, 5) is 22.6. The maximum absolute atomic E-state index is 11.4. The van der Waals surface area contributed by atoms with Gasteiger partial charge in [-0.3, -0.25) is 9.59 Å². The number of Topliss-reactive ketones (excluding diaryl/α,β-unsaturated/α-hetero) is 2. The van der Waals surface area contributed by atoms with Gasteiger partial charge in [-0.05, 0) is 19.8 Å². The summed E-state index contributed by atoms with van der Waals surface area (Å²) in [5, 5.41) is 9.36. The molecule has 3 unspecified atom stereocenters. The Hall–Kier alpha value is -0.700. The van der Waals surface area contributed by atoms with Gasteiger partial charge < -0.3 is 5.11 Å². The molecule has 0 bridgehead atoms. The van der Waals surface area contributed by atoms with Crippen molar-refractivity contribution in [3.8, 4) is 0 Å². The second-order valence-corrected chi connectivity index (χ2v) is 3.77. The van der Waals surface area contributed by atoms with Gasteiger partial charge in [0, 0.05) is 18.3 Å². The molecular formula is C10H16O3. The molecule has 3 heteroatoms. The van der Waals surface area contributed by atoms with Crippen molar-refractivity contribution in [2.75, 3.05) is 0 Å². The van der Waals surface area contributed by atoms with Crippen LogP contribution in [0.1, 0.15) is 33.1 Å². The second-order valence-electron chi connectivity index (χ2n) is 3.77. The van der Waals surface area contributed by atoms with Gasteiger partial charge in [-0.25, -0.2) is 0 Å². The molecule has 0 saturated heterocycles. The van der Waals surface area contributed by atoms with E-state index in [1.807, 2.05) is 0 Å². The van der Waals surface area contributed by atoms with Crippen molar-refractivity contribution in [3.63, 3.8) is 0 Å². The Morgan fingerprint density at radius 2 is 1.85 bits per heavy atom. The number of aliphatic hydroxyl groups is 1. The van der Waals surface area contributed by atoms with E-state index in [2.05, 4.69) is 0 Å². The van der Waals surface area contributed by atoms with E-state index in [-0.39, 0.29) is 23.4 Å². The van der Waals surface area contributed by atoms with Gasteiger partial charge in [0.1, 0.15) is 11.6 Å². The van der Waals surface area contributed by atoms with E-state index in [0.29, 0.717) is 19.3 Å². The van der Waals surface area contributed by atoms with Gasteiger partial charge in [0.2, 0.25) is 0 Å². The van der Waals surface area contributed by atoms with E-state index in [1.54, 1.807) is 6.92 Å². The third-order valence-electron chi connectivity index (χ3n) is 2.82. The molecule has 0 amide bonds. The van der Waals surface area contributed by atoms with Crippen molar-refractivity contribution in [3.05, 3.63) is 0 Å². The van der Waals surface area contributed by atoms with Gasteiger partial charge >= 0.3 is 0 Å². The molecule has 0 aromatic carbocycles. The van der Waals surface area contributed by atoms with Crippen LogP contribution in [-0.4, -0.2) is 22.8 Å². The summed E-state index contributed by atoms with van der Waals surface area (Å²) in [5.41, 5.74) is 0. The third-order valence-corrected chi connectivity index (χ3v) is 2.82. The van der Waals surface area contributed by atoms with Crippen molar-refractivity contribution < 1.29 is 14.7 Å². The third kappa shape index (κ3) is 2.15. The molecule has 0 aromatic rings. The van der Waals surface area contributed by atoms with Crippen molar-refractivity contribution >= 4 is 11.6 Å². The van der Waals surface area contributed by atoms with Crippen molar-refractivity contribution in [1.29, 1.82) is 0 Å². The van der Waals surface area contributed by atoms with E-state index in [1.165, 1.54) is 6.92 Å². The van der Waals surface area contributed by atoms with Crippen molar-refractivity contribution in [2.45, 2.75) is 39.2 Å². The van der Waals surface area contributed by atoms with E-state index >= 15 is 0 Å². The molecule has 1 aliphatic carbocycles. The van der Waals surface area contributed by atoms with Crippen LogP contribution < -0.4 is 0 Å². The minimum Gasteiger partial charge on any atom is -0.393 e. The summed E-state index contributed by atoms with van der Waals surface area (Å²) < 4.78 is 0. The molecule has 1 fully saturated rings. The Kier molecular flexibility index (Phi) is 3.20. The highest BCUT2D eigenvalue weighted by Gasteiger charge is 2.39. The molecule has 3 atom stereocenters. The summed E-state index contributed by atoms with van der Waals surface area (Å²) in [7, 11) is 0. The zero-order chi connectivity index (χ0) is 10.0. The predicted octanol–water partition coefficient (Wildman–Crippen LogP) is 0.942. The average Bonchev–Trinajstić information content (AvgIpc) is 2.46. The number of carbonyl (C=O) groups excluding carboxylic acids is 2. The van der Waals surface area contributed by atoms with Crippen LogP contribution in [0.15, 0.2) is 0 Å². The highest BCUT2D eigenvalue weighted by Crippen LogP contribution is 2.33. The molecule has 1 saturated carbocycles. The highest BCUT2D eigenvalue weighted by atomic mass is 16.3. The Morgan fingerprint density at radius 1 is 1.31 bits per heavy atom. The Labute approximate surface area is 78.1 Å². The fourth-order valence-corrected chi connectivity index (χ4v) is 2.08. The molecule has 0 spiro atoms. The Bertz CT molecular complexity index is 222. The van der Waals surface area contributed by atoms with Crippen LogP contribution >= 0.6 is 0 Å². The first-order chi connectivity index (χ1) is 6.06. The summed E-state index contributed by atoms with van der Waals surface area (Å²) in [6.07, 6.45) is 0.929. The molecule has 0 aliphatic heterocycles. The first kappa shape index (κ1) is 10.4. The normalized spacial score (nSPS) is 33.3. The maximum atomic E-state index is 11.4. The monoisotopic (exact) mass is 184 g/mol. The quantitative estimate of drug-likeness (QED) is 0.710. The number of aliphatic hydroxyl groups excluding tert-OH is 1. The van der Waals surface area contributed by atoms with Gasteiger partial charge in [-0.1, -0.05) is 6.92 Å². The van der Waals surface area contributed by atoms with Gasteiger partial charge in [-0.2, -0.15) is 0 Å². The molecule has 13 heavy (non-hydrogen) atoms. The number of hydrogen-bond acceptors (Lipinski definition) is 3. The number of carbonyl (C=O) groups is 2. The van der Waals surface area contributed by atoms with Crippen LogP contribution in [0.25, 0.3) is 0 Å². The number of hydrogen-bond donors (Lipinski definition) is 1. The van der Waals surface area contributed by atoms with E-state index in [4.69, 9.17) is 0 Å². The summed E-state index contributed by atoms with van der Waals surface area (Å²) in [5.74, 6) is -0.319. The van der Waals surface area contributed by atoms with E-state index in [0.717, 1.165) is 0 Å². The van der Waals surface area contributed by atoms with Crippen LogP contribution in [-0.2, 0) is 9.59 Å². The minimum atomic E-state index is -0.464. The van der Waals surface area contributed by atoms with Crippen LogP contribution in [0.5, 0.6) is 0 Å². The highest BCUT2D eigenvalue weighted by molar-refractivity contribution is 5.89. The number of ketones is 2. The Balaban J connectivity index is 2.71. The van der Waals surface area contributed by atoms with Gasteiger partial charge in [0.15, 0.2) is 0 Å². The molecular weight excluding hydrogens is 168 g/mol. The smallest absolute Gasteiger partial charge is 0.136 e. The first-order valence-electron chi connectivity index (χ1n) is 4.77. The molecule has 1 rings (SSSR count). The minimum absolute atomic E-state index is 0.0309. The lowest BCUT2D eigenvalue weighted by molar-refractivity contribution is -0.130. The maximum Gasteiger partial charge on any atom is 0.136 e. The van der Waals surface area contributed by atoms with Crippen molar-refractivity contribution in [1.82, 2.24) is 0 Å². The lowest BCUT2D eigenvalue weighted by atomic mass is 9.88. The Morgan fingerprint density at radius 3 is 2.31 bits per heavy atom. The van der Waals surface area contributed by atoms with E-state index in [9.17, 15) is 14.7 Å². The second kappa shape index (κ2) is 4.01. The standard InChI is InChI=1S/C10H16O3/c1-3-10(13)9-5-7(12)4-8(9)6(2)11/h7-9,12H,3-5H2,1-2H3. The topological polar surface area (TPSA) is 54.4 Å². The van der Waals surface area contributed by atoms with Crippen molar-refractivity contribution in [2.24, 2.45) is 11.8 Å². The van der Waals surface area contributed by atoms with Crippen LogP contribution in [0.3, 0.4) is 0 Å². The fraction of sp³-hybridized carbons (Fsp3) is 0.800. The molecule has 3 nitrogen and oxygen atoms in total. The van der Waals surface area contributed by atoms with Gasteiger partial charge in [0.05, 0.1) is 6.10 Å². The molecule has 1 aliphatic rings. The van der Waals surface area contributed by atoms with Gasteiger partial charge in [-0.15, -0.1) is 0 Å². The van der Waals surface area contributed by atoms with Crippen LogP contribution in [0.2, 0.25) is 0 Å².